The Labute approximate surface area is 199 Å². The highest BCUT2D eigenvalue weighted by Gasteiger charge is 2.41. The zero-order valence-corrected chi connectivity index (χ0v) is 19.7. The second-order valence-corrected chi connectivity index (χ2v) is 9.26. The molecule has 0 aromatic heterocycles. The molecule has 5 rings (SSSR count). The minimum Gasteiger partial charge on any atom is -0.491 e. The van der Waals surface area contributed by atoms with E-state index in [2.05, 4.69) is 22.0 Å². The summed E-state index contributed by atoms with van der Waals surface area (Å²) in [6.45, 7) is 3.99. The van der Waals surface area contributed by atoms with Gasteiger partial charge in [0.2, 0.25) is 6.23 Å². The molecule has 0 fully saturated rings. The van der Waals surface area contributed by atoms with Crippen LogP contribution in [-0.4, -0.2) is 21.7 Å². The molecule has 2 aliphatic rings. The first kappa shape index (κ1) is 21.5. The maximum atomic E-state index is 11.3. The van der Waals surface area contributed by atoms with Crippen molar-refractivity contribution >= 4 is 27.3 Å². The molecule has 0 spiro atoms. The predicted octanol–water partition coefficient (Wildman–Crippen LogP) is 6.39. The number of ether oxygens (including phenoxy) is 2. The van der Waals surface area contributed by atoms with E-state index in [0.29, 0.717) is 12.0 Å². The summed E-state index contributed by atoms with van der Waals surface area (Å²) in [6, 6.07) is 20.3. The first-order chi connectivity index (χ1) is 15.9. The average Bonchev–Trinajstić information content (AvgIpc) is 3.24. The number of hydrazone groups is 1. The van der Waals surface area contributed by atoms with Crippen LogP contribution in [0.1, 0.15) is 49.2 Å². The largest absolute Gasteiger partial charge is 0.491 e. The maximum absolute atomic E-state index is 11.3. The molecule has 33 heavy (non-hydrogen) atoms. The van der Waals surface area contributed by atoms with Gasteiger partial charge in [-0.1, -0.05) is 28.1 Å². The standard InChI is InChI=1S/C25H22BrN3O4/c1-15(2)32-20-9-6-16(7-10-20)22-14-23-21-13-18(26)8-11-24(21)33-25(28(23)27-22)17-4-3-5-19(12-17)29(30)31/h3-13,15,23,25H,14H2,1-2H3/t23-,25-/m1/s1. The molecule has 0 amide bonds. The van der Waals surface area contributed by atoms with Crippen molar-refractivity contribution < 1.29 is 14.4 Å². The molecule has 7 nitrogen and oxygen atoms in total. The fourth-order valence-electron chi connectivity index (χ4n) is 4.24. The minimum absolute atomic E-state index is 0.0263. The number of hydrogen-bond acceptors (Lipinski definition) is 6. The Morgan fingerprint density at radius 2 is 1.94 bits per heavy atom. The molecular formula is C25H22BrN3O4. The quantitative estimate of drug-likeness (QED) is 0.295. The molecule has 0 aliphatic carbocycles. The number of halogens is 1. The van der Waals surface area contributed by atoms with Gasteiger partial charge in [-0.3, -0.25) is 10.1 Å². The first-order valence-corrected chi connectivity index (χ1v) is 11.5. The van der Waals surface area contributed by atoms with Gasteiger partial charge in [0.15, 0.2) is 0 Å². The van der Waals surface area contributed by atoms with Crippen molar-refractivity contribution in [1.82, 2.24) is 5.01 Å². The predicted molar refractivity (Wildman–Crippen MR) is 129 cm³/mol. The van der Waals surface area contributed by atoms with Crippen molar-refractivity contribution in [3.63, 3.8) is 0 Å². The van der Waals surface area contributed by atoms with E-state index in [1.165, 1.54) is 6.07 Å². The zero-order chi connectivity index (χ0) is 23.1. The van der Waals surface area contributed by atoms with Gasteiger partial charge < -0.3 is 9.47 Å². The van der Waals surface area contributed by atoms with E-state index in [1.807, 2.05) is 61.3 Å². The summed E-state index contributed by atoms with van der Waals surface area (Å²) < 4.78 is 13.0. The van der Waals surface area contributed by atoms with Gasteiger partial charge in [-0.05, 0) is 61.9 Å². The summed E-state index contributed by atoms with van der Waals surface area (Å²) in [4.78, 5) is 10.9. The lowest BCUT2D eigenvalue weighted by molar-refractivity contribution is -0.385. The molecule has 0 bridgehead atoms. The van der Waals surface area contributed by atoms with Crippen LogP contribution < -0.4 is 9.47 Å². The smallest absolute Gasteiger partial charge is 0.269 e. The zero-order valence-electron chi connectivity index (χ0n) is 18.1. The van der Waals surface area contributed by atoms with E-state index in [-0.39, 0.29) is 17.8 Å². The third-order valence-corrected chi connectivity index (χ3v) is 6.17. The fourth-order valence-corrected chi connectivity index (χ4v) is 4.62. The van der Waals surface area contributed by atoms with Gasteiger partial charge in [-0.15, -0.1) is 0 Å². The molecule has 168 valence electrons. The van der Waals surface area contributed by atoms with Gasteiger partial charge in [-0.25, -0.2) is 5.01 Å². The summed E-state index contributed by atoms with van der Waals surface area (Å²) in [5.41, 5.74) is 3.69. The van der Waals surface area contributed by atoms with Crippen molar-refractivity contribution in [2.75, 3.05) is 0 Å². The molecule has 2 aliphatic heterocycles. The van der Waals surface area contributed by atoms with E-state index >= 15 is 0 Å². The maximum Gasteiger partial charge on any atom is 0.269 e. The molecular weight excluding hydrogens is 486 g/mol. The molecule has 0 radical (unpaired) electrons. The van der Waals surface area contributed by atoms with Crippen LogP contribution >= 0.6 is 15.9 Å². The third-order valence-electron chi connectivity index (χ3n) is 5.68. The summed E-state index contributed by atoms with van der Waals surface area (Å²) in [6.07, 6.45) is 0.240. The Kier molecular flexibility index (Phi) is 5.54. The highest BCUT2D eigenvalue weighted by atomic mass is 79.9. The Bertz CT molecular complexity index is 1240. The molecule has 2 atom stereocenters. The summed E-state index contributed by atoms with van der Waals surface area (Å²) >= 11 is 3.56. The van der Waals surface area contributed by atoms with Crippen molar-refractivity contribution in [3.05, 3.63) is 98.0 Å². The summed E-state index contributed by atoms with van der Waals surface area (Å²) in [7, 11) is 0. The number of fused-ring (bicyclic) bond motifs is 3. The van der Waals surface area contributed by atoms with Crippen LogP contribution in [0.2, 0.25) is 0 Å². The molecule has 8 heteroatoms. The van der Waals surface area contributed by atoms with Crippen LogP contribution in [0.5, 0.6) is 11.5 Å². The van der Waals surface area contributed by atoms with Gasteiger partial charge in [0, 0.05) is 34.2 Å². The van der Waals surface area contributed by atoms with E-state index in [9.17, 15) is 10.1 Å². The van der Waals surface area contributed by atoms with Gasteiger partial charge >= 0.3 is 0 Å². The molecule has 0 N–H and O–H groups in total. The topological polar surface area (TPSA) is 77.2 Å². The monoisotopic (exact) mass is 507 g/mol. The van der Waals surface area contributed by atoms with Crippen LogP contribution in [0.4, 0.5) is 5.69 Å². The lowest BCUT2D eigenvalue weighted by Gasteiger charge is -2.38. The lowest BCUT2D eigenvalue weighted by atomic mass is 9.96. The first-order valence-electron chi connectivity index (χ1n) is 10.7. The lowest BCUT2D eigenvalue weighted by Crippen LogP contribution is -2.33. The molecule has 3 aromatic rings. The molecule has 2 heterocycles. The Hall–Kier alpha value is -3.39. The number of non-ortho nitro benzene ring substituents is 1. The van der Waals surface area contributed by atoms with E-state index in [1.54, 1.807) is 12.1 Å². The number of nitrogens with zero attached hydrogens (tertiary/aromatic N) is 3. The van der Waals surface area contributed by atoms with E-state index < -0.39 is 11.2 Å². The van der Waals surface area contributed by atoms with Gasteiger partial charge in [-0.2, -0.15) is 5.10 Å². The van der Waals surface area contributed by atoms with Crippen LogP contribution in [0.15, 0.2) is 76.3 Å². The van der Waals surface area contributed by atoms with Gasteiger partial charge in [0.05, 0.1) is 22.8 Å². The number of nitro groups is 1. The Balaban J connectivity index is 1.54. The van der Waals surface area contributed by atoms with Gasteiger partial charge in [0.25, 0.3) is 5.69 Å². The van der Waals surface area contributed by atoms with E-state index in [0.717, 1.165) is 32.8 Å². The second kappa shape index (κ2) is 8.51. The average molecular weight is 508 g/mol. The number of nitro benzene ring substituents is 1. The molecule has 0 unspecified atom stereocenters. The van der Waals surface area contributed by atoms with Crippen LogP contribution in [0.3, 0.4) is 0 Å². The van der Waals surface area contributed by atoms with Crippen LogP contribution in [0, 0.1) is 10.1 Å². The normalized spacial score (nSPS) is 18.9. The number of benzene rings is 3. The second-order valence-electron chi connectivity index (χ2n) is 8.34. The van der Waals surface area contributed by atoms with E-state index in [4.69, 9.17) is 14.6 Å². The van der Waals surface area contributed by atoms with Crippen molar-refractivity contribution in [3.8, 4) is 11.5 Å². The highest BCUT2D eigenvalue weighted by molar-refractivity contribution is 9.10. The molecule has 0 saturated heterocycles. The highest BCUT2D eigenvalue weighted by Crippen LogP contribution is 2.48. The summed E-state index contributed by atoms with van der Waals surface area (Å²) in [5.74, 6) is 1.57. The fraction of sp³-hybridized carbons (Fsp3) is 0.240. The van der Waals surface area contributed by atoms with Crippen molar-refractivity contribution in [2.45, 2.75) is 38.6 Å². The summed E-state index contributed by atoms with van der Waals surface area (Å²) in [5, 5.41) is 18.2. The third kappa shape index (κ3) is 4.18. The van der Waals surface area contributed by atoms with Gasteiger partial charge in [0.1, 0.15) is 11.5 Å². The Morgan fingerprint density at radius 1 is 1.15 bits per heavy atom. The minimum atomic E-state index is -0.565. The van der Waals surface area contributed by atoms with Crippen molar-refractivity contribution in [1.29, 1.82) is 0 Å². The number of hydrogen-bond donors (Lipinski definition) is 0. The molecule has 0 saturated carbocycles. The number of rotatable bonds is 5. The Morgan fingerprint density at radius 3 is 2.67 bits per heavy atom. The van der Waals surface area contributed by atoms with Crippen LogP contribution in [0.25, 0.3) is 0 Å². The SMILES string of the molecule is CC(C)Oc1ccc(C2=NN3[C@H](C2)c2cc(Br)ccc2O[C@@H]3c2cccc([N+](=O)[O-])c2)cc1. The molecule has 3 aromatic carbocycles. The van der Waals surface area contributed by atoms with Crippen LogP contribution in [-0.2, 0) is 0 Å². The van der Waals surface area contributed by atoms with Crippen molar-refractivity contribution in [2.24, 2.45) is 5.10 Å².